The van der Waals surface area contributed by atoms with Crippen LogP contribution in [0.5, 0.6) is 5.75 Å². The van der Waals surface area contributed by atoms with E-state index < -0.39 is 0 Å². The van der Waals surface area contributed by atoms with Gasteiger partial charge in [-0.05, 0) is 45.2 Å². The van der Waals surface area contributed by atoms with Gasteiger partial charge in [0.2, 0.25) is 11.8 Å². The molecule has 0 fully saturated rings. The topological polar surface area (TPSA) is 61.9 Å². The van der Waals surface area contributed by atoms with Crippen molar-refractivity contribution in [3.8, 4) is 5.75 Å². The molecule has 7 heteroatoms. The van der Waals surface area contributed by atoms with Crippen molar-refractivity contribution in [1.29, 1.82) is 0 Å². The lowest BCUT2D eigenvalue weighted by atomic mass is 10.3. The van der Waals surface area contributed by atoms with E-state index in [0.29, 0.717) is 23.9 Å². The summed E-state index contributed by atoms with van der Waals surface area (Å²) in [6.45, 7) is 5.03. The Hall–Kier alpha value is -1.79. The molecule has 0 radical (unpaired) electrons. The first-order valence-electron chi connectivity index (χ1n) is 7.88. The van der Waals surface area contributed by atoms with Gasteiger partial charge in [0.05, 0.1) is 19.6 Å². The van der Waals surface area contributed by atoms with Crippen LogP contribution < -0.4 is 10.1 Å². The van der Waals surface area contributed by atoms with E-state index in [9.17, 15) is 9.59 Å². The molecular weight excluding hydrogens is 330 g/mol. The van der Waals surface area contributed by atoms with Crippen molar-refractivity contribution >= 4 is 23.4 Å². The summed E-state index contributed by atoms with van der Waals surface area (Å²) >= 11 is 5.81. The molecule has 1 rings (SSSR count). The van der Waals surface area contributed by atoms with E-state index in [1.54, 1.807) is 48.2 Å². The number of hydrogen-bond acceptors (Lipinski definition) is 4. The van der Waals surface area contributed by atoms with Gasteiger partial charge in [-0.3, -0.25) is 14.5 Å². The zero-order valence-electron chi connectivity index (χ0n) is 14.7. The Labute approximate surface area is 148 Å². The molecule has 0 bridgehead atoms. The minimum atomic E-state index is -0.0889. The Kier molecular flexibility index (Phi) is 8.57. The molecule has 0 heterocycles. The highest BCUT2D eigenvalue weighted by Gasteiger charge is 2.14. The van der Waals surface area contributed by atoms with E-state index in [2.05, 4.69) is 5.32 Å². The summed E-state index contributed by atoms with van der Waals surface area (Å²) in [5.41, 5.74) is 0. The fourth-order valence-electron chi connectivity index (χ4n) is 1.98. The Balaban J connectivity index is 2.28. The van der Waals surface area contributed by atoms with Gasteiger partial charge in [0.1, 0.15) is 12.4 Å². The van der Waals surface area contributed by atoms with Gasteiger partial charge in [0.25, 0.3) is 0 Å². The molecular formula is C17H26ClN3O3. The van der Waals surface area contributed by atoms with Gasteiger partial charge in [-0.1, -0.05) is 11.6 Å². The SMILES string of the molecule is CC(C)NC(=O)CN(C)CC(=O)N(C)CCOc1ccc(Cl)cc1. The fraction of sp³-hybridized carbons (Fsp3) is 0.529. The van der Waals surface area contributed by atoms with Crippen LogP contribution in [0.15, 0.2) is 24.3 Å². The van der Waals surface area contributed by atoms with E-state index >= 15 is 0 Å². The van der Waals surface area contributed by atoms with Crippen LogP contribution >= 0.6 is 11.6 Å². The first-order chi connectivity index (χ1) is 11.3. The Morgan fingerprint density at radius 1 is 1.17 bits per heavy atom. The van der Waals surface area contributed by atoms with E-state index in [-0.39, 0.29) is 30.9 Å². The molecule has 0 unspecified atom stereocenters. The normalized spacial score (nSPS) is 10.8. The largest absolute Gasteiger partial charge is 0.492 e. The molecule has 1 N–H and O–H groups in total. The number of ether oxygens (including phenoxy) is 1. The Morgan fingerprint density at radius 2 is 1.79 bits per heavy atom. The number of hydrogen-bond donors (Lipinski definition) is 1. The maximum atomic E-state index is 12.1. The van der Waals surface area contributed by atoms with Gasteiger partial charge in [-0.15, -0.1) is 0 Å². The number of amides is 2. The molecule has 0 aliphatic rings. The van der Waals surface area contributed by atoms with Crippen molar-refractivity contribution in [2.45, 2.75) is 19.9 Å². The summed E-state index contributed by atoms with van der Waals surface area (Å²) in [6.07, 6.45) is 0. The van der Waals surface area contributed by atoms with Crippen LogP contribution in [0.3, 0.4) is 0 Å². The number of nitrogens with one attached hydrogen (secondary N) is 1. The lowest BCUT2D eigenvalue weighted by Crippen LogP contribution is -2.43. The number of halogens is 1. The highest BCUT2D eigenvalue weighted by atomic mass is 35.5. The average Bonchev–Trinajstić information content (AvgIpc) is 2.47. The standard InChI is InChI=1S/C17H26ClN3O3/c1-13(2)19-16(22)11-20(3)12-17(23)21(4)9-10-24-15-7-5-14(18)6-8-15/h5-8,13H,9-12H2,1-4H3,(H,19,22). The molecule has 1 aromatic carbocycles. The third-order valence-electron chi connectivity index (χ3n) is 3.20. The van der Waals surface area contributed by atoms with Crippen LogP contribution in [-0.4, -0.2) is 68.0 Å². The minimum absolute atomic E-state index is 0.0606. The summed E-state index contributed by atoms with van der Waals surface area (Å²) in [7, 11) is 3.46. The smallest absolute Gasteiger partial charge is 0.236 e. The second-order valence-corrected chi connectivity index (χ2v) is 6.45. The third kappa shape index (κ3) is 8.17. The fourth-order valence-corrected chi connectivity index (χ4v) is 2.10. The van der Waals surface area contributed by atoms with E-state index in [1.807, 2.05) is 13.8 Å². The second-order valence-electron chi connectivity index (χ2n) is 6.01. The molecule has 1 aromatic rings. The van der Waals surface area contributed by atoms with Crippen molar-refractivity contribution in [3.63, 3.8) is 0 Å². The van der Waals surface area contributed by atoms with Crippen molar-refractivity contribution in [3.05, 3.63) is 29.3 Å². The van der Waals surface area contributed by atoms with Crippen LogP contribution in [0.2, 0.25) is 5.02 Å². The highest BCUT2D eigenvalue weighted by molar-refractivity contribution is 6.30. The Bertz CT molecular complexity index is 534. The lowest BCUT2D eigenvalue weighted by molar-refractivity contribution is -0.131. The molecule has 0 aromatic heterocycles. The Morgan fingerprint density at radius 3 is 2.38 bits per heavy atom. The average molecular weight is 356 g/mol. The van der Waals surface area contributed by atoms with Crippen LogP contribution in [0.25, 0.3) is 0 Å². The maximum absolute atomic E-state index is 12.1. The molecule has 2 amide bonds. The van der Waals surface area contributed by atoms with Crippen LogP contribution in [0.4, 0.5) is 0 Å². The van der Waals surface area contributed by atoms with Crippen molar-refractivity contribution in [2.75, 3.05) is 40.3 Å². The number of carbonyl (C=O) groups excluding carboxylic acids is 2. The molecule has 0 saturated heterocycles. The zero-order valence-corrected chi connectivity index (χ0v) is 15.5. The molecule has 24 heavy (non-hydrogen) atoms. The molecule has 0 atom stereocenters. The van der Waals surface area contributed by atoms with Gasteiger partial charge in [0.15, 0.2) is 0 Å². The molecule has 0 spiro atoms. The van der Waals surface area contributed by atoms with Crippen LogP contribution in [-0.2, 0) is 9.59 Å². The minimum Gasteiger partial charge on any atom is -0.492 e. The van der Waals surface area contributed by atoms with E-state index in [0.717, 1.165) is 0 Å². The van der Waals surface area contributed by atoms with Gasteiger partial charge < -0.3 is 15.0 Å². The van der Waals surface area contributed by atoms with Crippen molar-refractivity contribution in [1.82, 2.24) is 15.1 Å². The van der Waals surface area contributed by atoms with Gasteiger partial charge in [-0.25, -0.2) is 0 Å². The predicted octanol–water partition coefficient (Wildman–Crippen LogP) is 1.63. The van der Waals surface area contributed by atoms with Gasteiger partial charge >= 0.3 is 0 Å². The molecule has 134 valence electrons. The number of rotatable bonds is 9. The lowest BCUT2D eigenvalue weighted by Gasteiger charge is -2.22. The molecule has 0 aliphatic carbocycles. The number of carbonyl (C=O) groups is 2. The summed E-state index contributed by atoms with van der Waals surface area (Å²) in [5.74, 6) is 0.561. The zero-order chi connectivity index (χ0) is 18.1. The predicted molar refractivity (Wildman–Crippen MR) is 95.4 cm³/mol. The monoisotopic (exact) mass is 355 g/mol. The van der Waals surface area contributed by atoms with Crippen molar-refractivity contribution in [2.24, 2.45) is 0 Å². The number of nitrogens with zero attached hydrogens (tertiary/aromatic N) is 2. The highest BCUT2D eigenvalue weighted by Crippen LogP contribution is 2.15. The first-order valence-corrected chi connectivity index (χ1v) is 8.26. The maximum Gasteiger partial charge on any atom is 0.236 e. The van der Waals surface area contributed by atoms with Crippen LogP contribution in [0.1, 0.15) is 13.8 Å². The van der Waals surface area contributed by atoms with E-state index in [1.165, 1.54) is 0 Å². The number of benzene rings is 1. The second kappa shape index (κ2) is 10.2. The molecule has 6 nitrogen and oxygen atoms in total. The molecule has 0 saturated carbocycles. The summed E-state index contributed by atoms with van der Waals surface area (Å²) < 4.78 is 5.56. The quantitative estimate of drug-likeness (QED) is 0.731. The van der Waals surface area contributed by atoms with Gasteiger partial charge in [0, 0.05) is 18.1 Å². The summed E-state index contributed by atoms with van der Waals surface area (Å²) in [5, 5.41) is 3.45. The van der Waals surface area contributed by atoms with E-state index in [4.69, 9.17) is 16.3 Å². The van der Waals surface area contributed by atoms with Gasteiger partial charge in [-0.2, -0.15) is 0 Å². The third-order valence-corrected chi connectivity index (χ3v) is 3.46. The summed E-state index contributed by atoms with van der Waals surface area (Å²) in [4.78, 5) is 27.1. The molecule has 0 aliphatic heterocycles. The first kappa shape index (κ1) is 20.3. The summed E-state index contributed by atoms with van der Waals surface area (Å²) in [6, 6.07) is 7.16. The van der Waals surface area contributed by atoms with Crippen LogP contribution in [0, 0.1) is 0 Å². The van der Waals surface area contributed by atoms with Crippen molar-refractivity contribution < 1.29 is 14.3 Å². The number of likely N-dealkylation sites (N-methyl/N-ethyl adjacent to an activating group) is 2.